The number of aryl methyl sites for hydroxylation is 3. The van der Waals surface area contributed by atoms with Crippen molar-refractivity contribution in [1.82, 2.24) is 4.90 Å². The summed E-state index contributed by atoms with van der Waals surface area (Å²) in [6, 6.07) is 17.8. The van der Waals surface area contributed by atoms with E-state index in [4.69, 9.17) is 19.4 Å². The highest BCUT2D eigenvalue weighted by Gasteiger charge is 2.18. The number of aromatic hydroxyl groups is 2. The van der Waals surface area contributed by atoms with E-state index in [0.717, 1.165) is 74.4 Å². The van der Waals surface area contributed by atoms with Gasteiger partial charge in [0.05, 0.1) is 0 Å². The van der Waals surface area contributed by atoms with Crippen LogP contribution < -0.4 is 9.47 Å². The van der Waals surface area contributed by atoms with Gasteiger partial charge in [-0.05, 0) is 96.8 Å². The number of carboxylic acid groups (broad SMARTS) is 1. The van der Waals surface area contributed by atoms with Crippen LogP contribution in [0.15, 0.2) is 54.6 Å². The van der Waals surface area contributed by atoms with E-state index in [2.05, 4.69) is 29.2 Å². The third kappa shape index (κ3) is 6.45. The minimum Gasteiger partial charge on any atom is -0.508 e. The van der Waals surface area contributed by atoms with E-state index in [-0.39, 0.29) is 13.3 Å². The van der Waals surface area contributed by atoms with E-state index < -0.39 is 0 Å². The number of phenols is 2. The van der Waals surface area contributed by atoms with Crippen molar-refractivity contribution in [3.8, 4) is 23.0 Å². The van der Waals surface area contributed by atoms with Crippen molar-refractivity contribution in [1.29, 1.82) is 0 Å². The van der Waals surface area contributed by atoms with Gasteiger partial charge in [-0.15, -0.1) is 0 Å². The Kier molecular flexibility index (Phi) is 8.11. The molecule has 0 radical (unpaired) electrons. The predicted octanol–water partition coefficient (Wildman–Crippen LogP) is 4.30. The van der Waals surface area contributed by atoms with Crippen LogP contribution in [0.4, 0.5) is 0 Å². The van der Waals surface area contributed by atoms with Gasteiger partial charge in [0.2, 0.25) is 6.79 Å². The van der Waals surface area contributed by atoms with Crippen molar-refractivity contribution in [3.63, 3.8) is 0 Å². The van der Waals surface area contributed by atoms with Gasteiger partial charge >= 0.3 is 0 Å². The second-order valence-corrected chi connectivity index (χ2v) is 8.84. The standard InChI is InChI=1S/C27H29NO4.CH2O2/c29-24-5-1-3-20(14-24)17-28-11-2-4-21-15-26-27(32-18-31-26)16-22(21)7-8-23-13-19(10-12-28)6-9-25(23)30;2-1-3/h1,3,5-6,9,13-16,29-30H,2,4,7-8,10-12,17-18H2;1H,(H,2,3). The highest BCUT2D eigenvalue weighted by Crippen LogP contribution is 2.36. The third-order valence-corrected chi connectivity index (χ3v) is 6.46. The molecule has 2 aliphatic rings. The lowest BCUT2D eigenvalue weighted by atomic mass is 9.95. The average molecular weight is 478 g/mol. The summed E-state index contributed by atoms with van der Waals surface area (Å²) in [7, 11) is 0. The smallest absolute Gasteiger partial charge is 0.290 e. The molecule has 2 heterocycles. The number of rotatable bonds is 2. The van der Waals surface area contributed by atoms with Crippen LogP contribution in [0.25, 0.3) is 0 Å². The number of carbonyl (C=O) groups is 1. The van der Waals surface area contributed by atoms with Crippen LogP contribution in [0, 0.1) is 0 Å². The van der Waals surface area contributed by atoms with Gasteiger partial charge in [0.1, 0.15) is 11.5 Å². The zero-order valence-electron chi connectivity index (χ0n) is 19.7. The topological polar surface area (TPSA) is 99.5 Å². The van der Waals surface area contributed by atoms with Crippen LogP contribution >= 0.6 is 0 Å². The predicted molar refractivity (Wildman–Crippen MR) is 132 cm³/mol. The van der Waals surface area contributed by atoms with Gasteiger partial charge in [-0.2, -0.15) is 0 Å². The van der Waals surface area contributed by atoms with Gasteiger partial charge in [0.25, 0.3) is 6.47 Å². The van der Waals surface area contributed by atoms with E-state index in [9.17, 15) is 10.2 Å². The average Bonchev–Trinajstić information content (AvgIpc) is 3.30. The van der Waals surface area contributed by atoms with Crippen molar-refractivity contribution in [2.75, 3.05) is 19.9 Å². The van der Waals surface area contributed by atoms with Crippen molar-refractivity contribution >= 4 is 6.47 Å². The molecule has 0 amide bonds. The summed E-state index contributed by atoms with van der Waals surface area (Å²) in [4.78, 5) is 10.8. The second kappa shape index (κ2) is 11.6. The Morgan fingerprint density at radius 1 is 0.829 bits per heavy atom. The molecule has 35 heavy (non-hydrogen) atoms. The van der Waals surface area contributed by atoms with Gasteiger partial charge in [-0.3, -0.25) is 9.69 Å². The molecule has 0 spiro atoms. The molecule has 7 heteroatoms. The molecular weight excluding hydrogens is 446 g/mol. The minimum atomic E-state index is -0.250. The largest absolute Gasteiger partial charge is 0.508 e. The number of hydrogen-bond acceptors (Lipinski definition) is 6. The van der Waals surface area contributed by atoms with Crippen LogP contribution in [0.3, 0.4) is 0 Å². The number of benzene rings is 3. The number of hydrogen-bond donors (Lipinski definition) is 3. The Bertz CT molecular complexity index is 1160. The molecule has 0 aliphatic carbocycles. The molecule has 0 aromatic heterocycles. The van der Waals surface area contributed by atoms with Gasteiger partial charge in [-0.25, -0.2) is 0 Å². The zero-order valence-corrected chi connectivity index (χ0v) is 19.7. The first-order valence-corrected chi connectivity index (χ1v) is 11.9. The lowest BCUT2D eigenvalue weighted by Crippen LogP contribution is -2.27. The van der Waals surface area contributed by atoms with Crippen molar-refractivity contribution in [2.45, 2.75) is 38.6 Å². The fourth-order valence-corrected chi connectivity index (χ4v) is 4.72. The molecule has 0 unspecified atom stereocenters. The summed E-state index contributed by atoms with van der Waals surface area (Å²) in [5.41, 5.74) is 5.90. The van der Waals surface area contributed by atoms with E-state index in [1.807, 2.05) is 24.3 Å². The summed E-state index contributed by atoms with van der Waals surface area (Å²) >= 11 is 0. The second-order valence-electron chi connectivity index (χ2n) is 8.84. The molecule has 0 saturated carbocycles. The first-order chi connectivity index (χ1) is 17.1. The summed E-state index contributed by atoms with van der Waals surface area (Å²) < 4.78 is 11.2. The van der Waals surface area contributed by atoms with E-state index in [0.29, 0.717) is 11.5 Å². The maximum absolute atomic E-state index is 10.4. The number of nitrogens with zero attached hydrogens (tertiary/aromatic N) is 1. The van der Waals surface area contributed by atoms with Crippen molar-refractivity contribution < 1.29 is 29.6 Å². The van der Waals surface area contributed by atoms with E-state index in [1.165, 1.54) is 16.7 Å². The fourth-order valence-electron chi connectivity index (χ4n) is 4.72. The molecule has 3 N–H and O–H groups in total. The molecule has 0 saturated heterocycles. The highest BCUT2D eigenvalue weighted by atomic mass is 16.7. The van der Waals surface area contributed by atoms with Gasteiger partial charge < -0.3 is 24.8 Å². The number of ether oxygens (including phenoxy) is 2. The van der Waals surface area contributed by atoms with Crippen LogP contribution in [0.5, 0.6) is 23.0 Å². The Labute approximate surface area is 205 Å². The molecular formula is C28H31NO6. The molecule has 0 atom stereocenters. The van der Waals surface area contributed by atoms with Crippen LogP contribution in [-0.4, -0.2) is 46.6 Å². The Balaban J connectivity index is 0.000000917. The summed E-state index contributed by atoms with van der Waals surface area (Å²) in [5, 5.41) is 27.2. The maximum Gasteiger partial charge on any atom is 0.290 e. The van der Waals surface area contributed by atoms with Gasteiger partial charge in [0.15, 0.2) is 11.5 Å². The molecule has 3 aromatic carbocycles. The third-order valence-electron chi connectivity index (χ3n) is 6.46. The van der Waals surface area contributed by atoms with Gasteiger partial charge in [0, 0.05) is 13.1 Å². The quantitative estimate of drug-likeness (QED) is 0.473. The molecule has 2 aliphatic heterocycles. The molecule has 2 bridgehead atoms. The molecule has 7 nitrogen and oxygen atoms in total. The SMILES string of the molecule is O=CO.Oc1cccc(CN2CCCc3cc4c(cc3CCc3cc(ccc3O)CC2)OCO4)c1. The molecule has 3 aromatic rings. The van der Waals surface area contributed by atoms with Crippen LogP contribution in [0.1, 0.15) is 34.2 Å². The summed E-state index contributed by atoms with van der Waals surface area (Å²) in [6.07, 6.45) is 4.57. The van der Waals surface area contributed by atoms with Crippen molar-refractivity contribution in [2.24, 2.45) is 0 Å². The van der Waals surface area contributed by atoms with Crippen LogP contribution in [0.2, 0.25) is 0 Å². The summed E-state index contributed by atoms with van der Waals surface area (Å²) in [5.74, 6) is 2.31. The normalized spacial score (nSPS) is 15.4. The van der Waals surface area contributed by atoms with E-state index in [1.54, 1.807) is 6.07 Å². The lowest BCUT2D eigenvalue weighted by Gasteiger charge is -2.23. The molecule has 0 fully saturated rings. The fraction of sp³-hybridized carbons (Fsp3) is 0.321. The monoisotopic (exact) mass is 477 g/mol. The highest BCUT2D eigenvalue weighted by molar-refractivity contribution is 5.49. The Morgan fingerprint density at radius 2 is 1.54 bits per heavy atom. The Morgan fingerprint density at radius 3 is 2.29 bits per heavy atom. The van der Waals surface area contributed by atoms with E-state index >= 15 is 0 Å². The Hall–Kier alpha value is -3.71. The molecule has 184 valence electrons. The summed E-state index contributed by atoms with van der Waals surface area (Å²) in [6.45, 7) is 2.72. The minimum absolute atomic E-state index is 0.250. The van der Waals surface area contributed by atoms with Crippen LogP contribution in [-0.2, 0) is 37.0 Å². The molecule has 5 rings (SSSR count). The van der Waals surface area contributed by atoms with Crippen molar-refractivity contribution in [3.05, 3.63) is 82.4 Å². The zero-order chi connectivity index (χ0) is 24.6. The van der Waals surface area contributed by atoms with Gasteiger partial charge in [-0.1, -0.05) is 24.3 Å². The maximum atomic E-state index is 10.4. The first kappa shape index (κ1) is 24.4. The number of phenolic OH excluding ortho intramolecular Hbond substituents is 2. The lowest BCUT2D eigenvalue weighted by molar-refractivity contribution is -0.122. The first-order valence-electron chi connectivity index (χ1n) is 11.9. The number of fused-ring (bicyclic) bond motifs is 4.